The molecule has 0 spiro atoms. The van der Waals surface area contributed by atoms with Gasteiger partial charge in [-0.05, 0) is 30.6 Å². The fraction of sp³-hybridized carbons (Fsp3) is 0.769. The molecule has 0 aliphatic heterocycles. The van der Waals surface area contributed by atoms with Crippen LogP contribution in [-0.2, 0) is 0 Å². The van der Waals surface area contributed by atoms with Crippen LogP contribution >= 0.6 is 23.1 Å². The maximum absolute atomic E-state index is 9.28. The van der Waals surface area contributed by atoms with Crippen molar-refractivity contribution >= 4 is 23.1 Å². The zero-order chi connectivity index (χ0) is 13.2. The van der Waals surface area contributed by atoms with Gasteiger partial charge in [-0.25, -0.2) is 0 Å². The minimum Gasteiger partial charge on any atom is -0.198 e. The Hall–Kier alpha value is -0.600. The molecule has 0 saturated heterocycles. The summed E-state index contributed by atoms with van der Waals surface area (Å²) >= 11 is 3.32. The fourth-order valence-electron chi connectivity index (χ4n) is 2.54. The van der Waals surface area contributed by atoms with Crippen molar-refractivity contribution in [2.24, 2.45) is 17.3 Å². The summed E-state index contributed by atoms with van der Waals surface area (Å²) in [6.45, 7) is 6.91. The molecule has 98 valence electrons. The first-order chi connectivity index (χ1) is 8.50. The van der Waals surface area contributed by atoms with Gasteiger partial charge in [0.15, 0.2) is 4.34 Å². The predicted octanol–water partition coefficient (Wildman–Crippen LogP) is 3.98. The summed E-state index contributed by atoms with van der Waals surface area (Å²) in [7, 11) is 0. The van der Waals surface area contributed by atoms with Gasteiger partial charge in [0, 0.05) is 5.25 Å². The van der Waals surface area contributed by atoms with Crippen LogP contribution in [0.4, 0.5) is 0 Å². The van der Waals surface area contributed by atoms with E-state index in [0.717, 1.165) is 17.2 Å². The summed E-state index contributed by atoms with van der Waals surface area (Å²) in [5.41, 5.74) is 2.09. The Morgan fingerprint density at radius 3 is 2.78 bits per heavy atom. The first kappa shape index (κ1) is 13.8. The molecule has 0 radical (unpaired) electrons. The quantitative estimate of drug-likeness (QED) is 0.822. The number of nitrogens with zero attached hydrogens (tertiary/aromatic N) is 3. The Morgan fingerprint density at radius 1 is 1.44 bits per heavy atom. The zero-order valence-corrected chi connectivity index (χ0v) is 12.7. The number of rotatable bonds is 2. The summed E-state index contributed by atoms with van der Waals surface area (Å²) in [5, 5.41) is 17.6. The molecule has 5 heteroatoms. The standard InChI is InChI=1S/C13H19N3S2/c1-13(2,3)10-5-4-9(7-14)11(6-10)18-12-16-15-8-17-12/h8-11H,4-6H2,1-3H3. The molecule has 1 aliphatic rings. The lowest BCUT2D eigenvalue weighted by atomic mass is 9.70. The van der Waals surface area contributed by atoms with E-state index < -0.39 is 0 Å². The van der Waals surface area contributed by atoms with E-state index in [1.54, 1.807) is 28.6 Å². The Kier molecular flexibility index (Phi) is 4.29. The first-order valence-electron chi connectivity index (χ1n) is 6.33. The summed E-state index contributed by atoms with van der Waals surface area (Å²) in [6, 6.07) is 2.47. The van der Waals surface area contributed by atoms with Gasteiger partial charge in [0.1, 0.15) is 5.51 Å². The number of aromatic nitrogens is 2. The van der Waals surface area contributed by atoms with Crippen LogP contribution in [0.25, 0.3) is 0 Å². The molecule has 3 unspecified atom stereocenters. The SMILES string of the molecule is CC(C)(C)C1CCC(C#N)C(Sc2nncs2)C1. The van der Waals surface area contributed by atoms with Crippen molar-refractivity contribution in [3.63, 3.8) is 0 Å². The second-order valence-corrected chi connectivity index (χ2v) is 8.29. The van der Waals surface area contributed by atoms with E-state index >= 15 is 0 Å². The van der Waals surface area contributed by atoms with Gasteiger partial charge in [-0.2, -0.15) is 5.26 Å². The Bertz CT molecular complexity index is 416. The van der Waals surface area contributed by atoms with Crippen LogP contribution in [0.1, 0.15) is 40.0 Å². The molecule has 3 atom stereocenters. The van der Waals surface area contributed by atoms with Crippen molar-refractivity contribution in [1.29, 1.82) is 5.26 Å². The highest BCUT2D eigenvalue weighted by Crippen LogP contribution is 2.45. The van der Waals surface area contributed by atoms with Crippen LogP contribution in [0, 0.1) is 28.6 Å². The molecule has 1 aromatic heterocycles. The molecule has 0 bridgehead atoms. The molecule has 3 nitrogen and oxygen atoms in total. The molecule has 0 amide bonds. The third-order valence-electron chi connectivity index (χ3n) is 3.77. The minimum absolute atomic E-state index is 0.164. The first-order valence-corrected chi connectivity index (χ1v) is 8.09. The van der Waals surface area contributed by atoms with Gasteiger partial charge < -0.3 is 0 Å². The molecule has 1 fully saturated rings. The molecule has 2 rings (SSSR count). The van der Waals surface area contributed by atoms with E-state index in [2.05, 4.69) is 37.0 Å². The van der Waals surface area contributed by atoms with Gasteiger partial charge in [-0.3, -0.25) is 0 Å². The Morgan fingerprint density at radius 2 is 2.22 bits per heavy atom. The number of thioether (sulfide) groups is 1. The van der Waals surface area contributed by atoms with Crippen molar-refractivity contribution in [2.75, 3.05) is 0 Å². The smallest absolute Gasteiger partial charge is 0.174 e. The van der Waals surface area contributed by atoms with Gasteiger partial charge in [0.2, 0.25) is 0 Å². The Balaban J connectivity index is 2.07. The lowest BCUT2D eigenvalue weighted by Gasteiger charge is -2.39. The summed E-state index contributed by atoms with van der Waals surface area (Å²) in [6.07, 6.45) is 3.32. The highest BCUT2D eigenvalue weighted by molar-refractivity contribution is 8.01. The topological polar surface area (TPSA) is 49.6 Å². The maximum atomic E-state index is 9.28. The monoisotopic (exact) mass is 281 g/mol. The van der Waals surface area contributed by atoms with Crippen molar-refractivity contribution in [3.8, 4) is 6.07 Å². The van der Waals surface area contributed by atoms with Crippen LogP contribution in [-0.4, -0.2) is 15.4 Å². The van der Waals surface area contributed by atoms with E-state index in [1.165, 1.54) is 6.42 Å². The number of nitriles is 1. The van der Waals surface area contributed by atoms with Crippen LogP contribution in [0.2, 0.25) is 0 Å². The highest BCUT2D eigenvalue weighted by atomic mass is 32.2. The van der Waals surface area contributed by atoms with Gasteiger partial charge in [-0.1, -0.05) is 43.9 Å². The molecule has 1 heterocycles. The van der Waals surface area contributed by atoms with Crippen LogP contribution < -0.4 is 0 Å². The predicted molar refractivity (Wildman–Crippen MR) is 75.5 cm³/mol. The molecule has 18 heavy (non-hydrogen) atoms. The van der Waals surface area contributed by atoms with E-state index in [1.807, 2.05) is 0 Å². The summed E-state index contributed by atoms with van der Waals surface area (Å²) in [5.74, 6) is 0.866. The number of hydrogen-bond donors (Lipinski definition) is 0. The van der Waals surface area contributed by atoms with Gasteiger partial charge >= 0.3 is 0 Å². The lowest BCUT2D eigenvalue weighted by Crippen LogP contribution is -2.32. The van der Waals surface area contributed by atoms with Gasteiger partial charge in [0.25, 0.3) is 0 Å². The molecular formula is C13H19N3S2. The third kappa shape index (κ3) is 3.24. The average Bonchev–Trinajstić information content (AvgIpc) is 2.80. The lowest BCUT2D eigenvalue weighted by molar-refractivity contribution is 0.169. The fourth-order valence-corrected chi connectivity index (χ4v) is 4.58. The highest BCUT2D eigenvalue weighted by Gasteiger charge is 2.36. The Labute approximate surface area is 117 Å². The second kappa shape index (κ2) is 5.58. The van der Waals surface area contributed by atoms with Crippen molar-refractivity contribution in [3.05, 3.63) is 5.51 Å². The molecule has 1 aromatic rings. The second-order valence-electron chi connectivity index (χ2n) is 5.97. The van der Waals surface area contributed by atoms with Crippen molar-refractivity contribution < 1.29 is 0 Å². The van der Waals surface area contributed by atoms with Gasteiger partial charge in [-0.15, -0.1) is 10.2 Å². The van der Waals surface area contributed by atoms with E-state index in [0.29, 0.717) is 16.6 Å². The largest absolute Gasteiger partial charge is 0.198 e. The van der Waals surface area contributed by atoms with E-state index in [-0.39, 0.29) is 5.92 Å². The van der Waals surface area contributed by atoms with E-state index in [4.69, 9.17) is 0 Å². The van der Waals surface area contributed by atoms with Crippen LogP contribution in [0.5, 0.6) is 0 Å². The minimum atomic E-state index is 0.164. The van der Waals surface area contributed by atoms with Crippen molar-refractivity contribution in [1.82, 2.24) is 10.2 Å². The molecule has 1 aliphatic carbocycles. The maximum Gasteiger partial charge on any atom is 0.174 e. The molecule has 0 aromatic carbocycles. The molecule has 1 saturated carbocycles. The summed E-state index contributed by atoms with van der Waals surface area (Å²) < 4.78 is 0.995. The molecular weight excluding hydrogens is 262 g/mol. The van der Waals surface area contributed by atoms with E-state index in [9.17, 15) is 5.26 Å². The summed E-state index contributed by atoms with van der Waals surface area (Å²) in [4.78, 5) is 0. The number of hydrogen-bond acceptors (Lipinski definition) is 5. The van der Waals surface area contributed by atoms with Crippen molar-refractivity contribution in [2.45, 2.75) is 49.6 Å². The normalized spacial score (nSPS) is 28.9. The average molecular weight is 281 g/mol. The van der Waals surface area contributed by atoms with Crippen LogP contribution in [0.15, 0.2) is 9.85 Å². The molecule has 0 N–H and O–H groups in total. The van der Waals surface area contributed by atoms with Gasteiger partial charge in [0.05, 0.1) is 12.0 Å². The van der Waals surface area contributed by atoms with Crippen LogP contribution in [0.3, 0.4) is 0 Å². The third-order valence-corrected chi connectivity index (χ3v) is 5.94. The zero-order valence-electron chi connectivity index (χ0n) is 11.1.